The summed E-state index contributed by atoms with van der Waals surface area (Å²) in [6.07, 6.45) is 9.20. The van der Waals surface area contributed by atoms with Gasteiger partial charge in [-0.05, 0) is 37.3 Å². The SMILES string of the molecule is CC1CCCC(CNCc2ccoc2)C1. The molecule has 0 radical (unpaired) electrons. The van der Waals surface area contributed by atoms with Gasteiger partial charge in [-0.2, -0.15) is 0 Å². The third-order valence-electron chi connectivity index (χ3n) is 3.39. The molecular formula is C13H21NO. The van der Waals surface area contributed by atoms with Crippen molar-refractivity contribution >= 4 is 0 Å². The van der Waals surface area contributed by atoms with Crippen molar-refractivity contribution in [2.75, 3.05) is 6.54 Å². The van der Waals surface area contributed by atoms with Crippen LogP contribution in [0.5, 0.6) is 0 Å². The molecule has 0 spiro atoms. The first kappa shape index (κ1) is 10.7. The van der Waals surface area contributed by atoms with E-state index >= 15 is 0 Å². The second kappa shape index (κ2) is 5.36. The molecule has 1 heterocycles. The Morgan fingerprint density at radius 1 is 1.47 bits per heavy atom. The van der Waals surface area contributed by atoms with Gasteiger partial charge in [0.2, 0.25) is 0 Å². The molecule has 15 heavy (non-hydrogen) atoms. The van der Waals surface area contributed by atoms with E-state index in [2.05, 4.69) is 12.2 Å². The van der Waals surface area contributed by atoms with Crippen molar-refractivity contribution in [1.82, 2.24) is 5.32 Å². The molecule has 2 rings (SSSR count). The second-order valence-corrected chi connectivity index (χ2v) is 4.90. The van der Waals surface area contributed by atoms with Crippen molar-refractivity contribution in [3.05, 3.63) is 24.2 Å². The summed E-state index contributed by atoms with van der Waals surface area (Å²) in [6.45, 7) is 4.49. The fourth-order valence-corrected chi connectivity index (χ4v) is 2.56. The van der Waals surface area contributed by atoms with Gasteiger partial charge < -0.3 is 9.73 Å². The molecule has 2 atom stereocenters. The molecule has 1 fully saturated rings. The lowest BCUT2D eigenvalue weighted by Crippen LogP contribution is -2.26. The van der Waals surface area contributed by atoms with Gasteiger partial charge in [0.15, 0.2) is 0 Å². The lowest BCUT2D eigenvalue weighted by Gasteiger charge is -2.26. The average molecular weight is 207 g/mol. The van der Waals surface area contributed by atoms with E-state index in [-0.39, 0.29) is 0 Å². The molecule has 1 aromatic heterocycles. The molecular weight excluding hydrogens is 186 g/mol. The topological polar surface area (TPSA) is 25.2 Å². The zero-order valence-electron chi connectivity index (χ0n) is 9.54. The van der Waals surface area contributed by atoms with Gasteiger partial charge in [-0.25, -0.2) is 0 Å². The first-order chi connectivity index (χ1) is 7.34. The van der Waals surface area contributed by atoms with Crippen LogP contribution in [0.1, 0.15) is 38.2 Å². The van der Waals surface area contributed by atoms with Crippen molar-refractivity contribution in [1.29, 1.82) is 0 Å². The van der Waals surface area contributed by atoms with E-state index < -0.39 is 0 Å². The number of nitrogens with one attached hydrogen (secondary N) is 1. The van der Waals surface area contributed by atoms with Crippen LogP contribution in [0.3, 0.4) is 0 Å². The van der Waals surface area contributed by atoms with E-state index in [9.17, 15) is 0 Å². The minimum Gasteiger partial charge on any atom is -0.472 e. The van der Waals surface area contributed by atoms with Crippen LogP contribution in [0.15, 0.2) is 23.0 Å². The number of hydrogen-bond donors (Lipinski definition) is 1. The molecule has 0 aliphatic heterocycles. The van der Waals surface area contributed by atoms with E-state index in [4.69, 9.17) is 4.42 Å². The highest BCUT2D eigenvalue weighted by atomic mass is 16.3. The summed E-state index contributed by atoms with van der Waals surface area (Å²) in [5, 5.41) is 3.52. The zero-order chi connectivity index (χ0) is 10.5. The van der Waals surface area contributed by atoms with E-state index in [1.54, 1.807) is 6.26 Å². The van der Waals surface area contributed by atoms with Gasteiger partial charge >= 0.3 is 0 Å². The summed E-state index contributed by atoms with van der Waals surface area (Å²) in [7, 11) is 0. The van der Waals surface area contributed by atoms with Crippen LogP contribution in [0.2, 0.25) is 0 Å². The van der Waals surface area contributed by atoms with E-state index in [0.29, 0.717) is 0 Å². The summed E-state index contributed by atoms with van der Waals surface area (Å²) >= 11 is 0. The zero-order valence-corrected chi connectivity index (χ0v) is 9.54. The van der Waals surface area contributed by atoms with E-state index in [1.807, 2.05) is 12.3 Å². The monoisotopic (exact) mass is 207 g/mol. The van der Waals surface area contributed by atoms with Gasteiger partial charge in [-0.1, -0.05) is 19.8 Å². The van der Waals surface area contributed by atoms with Crippen molar-refractivity contribution in [3.8, 4) is 0 Å². The minimum atomic E-state index is 0.889. The highest BCUT2D eigenvalue weighted by Crippen LogP contribution is 2.27. The molecule has 2 nitrogen and oxygen atoms in total. The highest BCUT2D eigenvalue weighted by molar-refractivity contribution is 5.04. The predicted molar refractivity (Wildman–Crippen MR) is 61.5 cm³/mol. The van der Waals surface area contributed by atoms with Gasteiger partial charge in [-0.3, -0.25) is 0 Å². The molecule has 2 unspecified atom stereocenters. The third-order valence-corrected chi connectivity index (χ3v) is 3.39. The summed E-state index contributed by atoms with van der Waals surface area (Å²) < 4.78 is 5.03. The number of furan rings is 1. The lowest BCUT2D eigenvalue weighted by atomic mass is 9.82. The molecule has 1 aromatic rings. The van der Waals surface area contributed by atoms with Gasteiger partial charge in [0.05, 0.1) is 12.5 Å². The first-order valence-corrected chi connectivity index (χ1v) is 6.06. The number of rotatable bonds is 4. The van der Waals surface area contributed by atoms with Gasteiger partial charge in [0, 0.05) is 12.1 Å². The Balaban J connectivity index is 1.65. The Morgan fingerprint density at radius 2 is 2.40 bits per heavy atom. The minimum absolute atomic E-state index is 0.889. The van der Waals surface area contributed by atoms with Crippen LogP contribution < -0.4 is 5.32 Å². The standard InChI is InChI=1S/C13H21NO/c1-11-3-2-4-12(7-11)8-14-9-13-5-6-15-10-13/h5-6,10-12,14H,2-4,7-9H2,1H3. The lowest BCUT2D eigenvalue weighted by molar-refractivity contribution is 0.274. The van der Waals surface area contributed by atoms with Crippen LogP contribution >= 0.6 is 0 Å². The third kappa shape index (κ3) is 3.38. The maximum absolute atomic E-state index is 5.03. The maximum Gasteiger partial charge on any atom is 0.0947 e. The van der Waals surface area contributed by atoms with E-state index in [0.717, 1.165) is 24.9 Å². The van der Waals surface area contributed by atoms with Gasteiger partial charge in [0.1, 0.15) is 0 Å². The number of hydrogen-bond acceptors (Lipinski definition) is 2. The van der Waals surface area contributed by atoms with Crippen LogP contribution in [-0.4, -0.2) is 6.54 Å². The Kier molecular flexibility index (Phi) is 3.84. The molecule has 0 amide bonds. The fraction of sp³-hybridized carbons (Fsp3) is 0.692. The molecule has 1 saturated carbocycles. The maximum atomic E-state index is 5.03. The van der Waals surface area contributed by atoms with Crippen LogP contribution in [0.25, 0.3) is 0 Å². The molecule has 1 aliphatic carbocycles. The smallest absolute Gasteiger partial charge is 0.0947 e. The van der Waals surface area contributed by atoms with E-state index in [1.165, 1.54) is 31.2 Å². The van der Waals surface area contributed by atoms with Crippen LogP contribution in [0, 0.1) is 11.8 Å². The van der Waals surface area contributed by atoms with Crippen LogP contribution in [0.4, 0.5) is 0 Å². The molecule has 0 bridgehead atoms. The normalized spacial score (nSPS) is 26.7. The van der Waals surface area contributed by atoms with Crippen molar-refractivity contribution in [2.45, 2.75) is 39.2 Å². The average Bonchev–Trinajstić information content (AvgIpc) is 2.71. The molecule has 84 valence electrons. The van der Waals surface area contributed by atoms with Gasteiger partial charge in [0.25, 0.3) is 0 Å². The molecule has 1 aliphatic rings. The molecule has 0 aromatic carbocycles. The highest BCUT2D eigenvalue weighted by Gasteiger charge is 2.18. The molecule has 1 N–H and O–H groups in total. The summed E-state index contributed by atoms with van der Waals surface area (Å²) in [4.78, 5) is 0. The fourth-order valence-electron chi connectivity index (χ4n) is 2.56. The van der Waals surface area contributed by atoms with Crippen molar-refractivity contribution in [2.24, 2.45) is 11.8 Å². The first-order valence-electron chi connectivity index (χ1n) is 6.06. The Hall–Kier alpha value is -0.760. The summed E-state index contributed by atoms with van der Waals surface area (Å²) in [5.74, 6) is 1.82. The predicted octanol–water partition coefficient (Wildman–Crippen LogP) is 3.20. The summed E-state index contributed by atoms with van der Waals surface area (Å²) in [6, 6.07) is 2.02. The Bertz CT molecular complexity index is 268. The molecule has 2 heteroatoms. The molecule has 0 saturated heterocycles. The quantitative estimate of drug-likeness (QED) is 0.820. The van der Waals surface area contributed by atoms with Crippen molar-refractivity contribution < 1.29 is 4.42 Å². The van der Waals surface area contributed by atoms with Crippen molar-refractivity contribution in [3.63, 3.8) is 0 Å². The largest absolute Gasteiger partial charge is 0.472 e. The van der Waals surface area contributed by atoms with Crippen LogP contribution in [-0.2, 0) is 6.54 Å². The Morgan fingerprint density at radius 3 is 3.13 bits per heavy atom. The van der Waals surface area contributed by atoms with Gasteiger partial charge in [-0.15, -0.1) is 0 Å². The Labute approximate surface area is 92.1 Å². The second-order valence-electron chi connectivity index (χ2n) is 4.90. The summed E-state index contributed by atoms with van der Waals surface area (Å²) in [5.41, 5.74) is 1.25.